The van der Waals surface area contributed by atoms with Crippen LogP contribution in [0.15, 0.2) is 22.7 Å². The summed E-state index contributed by atoms with van der Waals surface area (Å²) in [5, 5.41) is 3.37. The number of piperidine rings is 1. The van der Waals surface area contributed by atoms with Crippen LogP contribution in [-0.4, -0.2) is 24.0 Å². The van der Waals surface area contributed by atoms with Crippen LogP contribution < -0.4 is 5.32 Å². The summed E-state index contributed by atoms with van der Waals surface area (Å²) in [7, 11) is 0. The average molecular weight is 325 g/mol. The van der Waals surface area contributed by atoms with E-state index >= 15 is 0 Å². The molecule has 2 nitrogen and oxygen atoms in total. The van der Waals surface area contributed by atoms with Gasteiger partial charge in [-0.3, -0.25) is 4.90 Å². The second-order valence-electron chi connectivity index (χ2n) is 5.52. The first-order valence-corrected chi connectivity index (χ1v) is 8.22. The molecule has 1 fully saturated rings. The van der Waals surface area contributed by atoms with Gasteiger partial charge in [0.2, 0.25) is 0 Å². The second kappa shape index (κ2) is 7.41. The van der Waals surface area contributed by atoms with E-state index in [0.29, 0.717) is 0 Å². The summed E-state index contributed by atoms with van der Waals surface area (Å²) in [5.41, 5.74) is 2.76. The molecule has 1 N–H and O–H groups in total. The Balaban J connectivity index is 2.00. The maximum absolute atomic E-state index is 3.73. The number of hydrogen-bond acceptors (Lipinski definition) is 2. The van der Waals surface area contributed by atoms with Gasteiger partial charge in [0.1, 0.15) is 0 Å². The Kier molecular flexibility index (Phi) is 5.86. The Morgan fingerprint density at radius 1 is 1.37 bits per heavy atom. The molecular formula is C16H25BrN2. The Bertz CT molecular complexity index is 406. The molecule has 1 saturated heterocycles. The van der Waals surface area contributed by atoms with E-state index in [-0.39, 0.29) is 0 Å². The maximum atomic E-state index is 3.73. The molecule has 19 heavy (non-hydrogen) atoms. The van der Waals surface area contributed by atoms with Crippen molar-refractivity contribution in [2.45, 2.75) is 52.2 Å². The largest absolute Gasteiger partial charge is 0.313 e. The lowest BCUT2D eigenvalue weighted by molar-refractivity contribution is 0.152. The van der Waals surface area contributed by atoms with E-state index < -0.39 is 0 Å². The van der Waals surface area contributed by atoms with Crippen molar-refractivity contribution in [2.24, 2.45) is 0 Å². The fraction of sp³-hybridized carbons (Fsp3) is 0.625. The van der Waals surface area contributed by atoms with Gasteiger partial charge >= 0.3 is 0 Å². The highest BCUT2D eigenvalue weighted by molar-refractivity contribution is 9.10. The lowest BCUT2D eigenvalue weighted by Crippen LogP contribution is -2.36. The highest BCUT2D eigenvalue weighted by Crippen LogP contribution is 2.24. The van der Waals surface area contributed by atoms with Crippen molar-refractivity contribution < 1.29 is 0 Å². The Morgan fingerprint density at radius 3 is 2.89 bits per heavy atom. The third kappa shape index (κ3) is 4.30. The van der Waals surface area contributed by atoms with Crippen molar-refractivity contribution in [3.8, 4) is 0 Å². The van der Waals surface area contributed by atoms with E-state index in [0.717, 1.165) is 25.7 Å². The number of benzene rings is 1. The number of nitrogens with one attached hydrogen (secondary N) is 1. The van der Waals surface area contributed by atoms with Gasteiger partial charge in [-0.2, -0.15) is 0 Å². The first-order chi connectivity index (χ1) is 9.20. The highest BCUT2D eigenvalue weighted by atomic mass is 79.9. The van der Waals surface area contributed by atoms with Crippen molar-refractivity contribution in [3.63, 3.8) is 0 Å². The molecule has 1 heterocycles. The first-order valence-electron chi connectivity index (χ1n) is 7.42. The molecule has 0 radical (unpaired) electrons. The van der Waals surface area contributed by atoms with Gasteiger partial charge in [0.15, 0.2) is 0 Å². The zero-order valence-electron chi connectivity index (χ0n) is 12.1. The molecule has 3 heteroatoms. The van der Waals surface area contributed by atoms with Crippen LogP contribution in [0.2, 0.25) is 0 Å². The van der Waals surface area contributed by atoms with Crippen LogP contribution in [0.5, 0.6) is 0 Å². The number of halogens is 1. The maximum Gasteiger partial charge on any atom is 0.0247 e. The fourth-order valence-electron chi connectivity index (χ4n) is 2.71. The van der Waals surface area contributed by atoms with E-state index in [4.69, 9.17) is 0 Å². The molecule has 106 valence electrons. The molecule has 1 aromatic carbocycles. The molecule has 0 bridgehead atoms. The molecule has 0 aliphatic carbocycles. The number of nitrogens with zero attached hydrogens (tertiary/aromatic N) is 1. The molecule has 2 rings (SSSR count). The smallest absolute Gasteiger partial charge is 0.0247 e. The Labute approximate surface area is 125 Å². The van der Waals surface area contributed by atoms with Gasteiger partial charge in [0.25, 0.3) is 0 Å². The summed E-state index contributed by atoms with van der Waals surface area (Å²) in [6.07, 6.45) is 4.08. The van der Waals surface area contributed by atoms with E-state index in [9.17, 15) is 0 Å². The van der Waals surface area contributed by atoms with Crippen LogP contribution in [-0.2, 0) is 13.1 Å². The van der Waals surface area contributed by atoms with Crippen molar-refractivity contribution in [2.75, 3.05) is 13.1 Å². The molecule has 1 aliphatic heterocycles. The molecule has 1 aliphatic rings. The van der Waals surface area contributed by atoms with E-state index in [2.05, 4.69) is 58.2 Å². The monoisotopic (exact) mass is 324 g/mol. The summed E-state index contributed by atoms with van der Waals surface area (Å²) in [6.45, 7) is 8.78. The molecule has 0 aromatic heterocycles. The van der Waals surface area contributed by atoms with Crippen molar-refractivity contribution >= 4 is 15.9 Å². The Morgan fingerprint density at radius 2 is 2.21 bits per heavy atom. The molecule has 0 saturated carbocycles. The van der Waals surface area contributed by atoms with Crippen LogP contribution >= 0.6 is 15.9 Å². The molecule has 1 atom stereocenters. The standard InChI is InChI=1S/C16H25BrN2/c1-3-18-11-14-7-8-15(16(17)10-14)12-19-9-5-4-6-13(19)2/h7-8,10,13,18H,3-6,9,11-12H2,1-2H3. The van der Waals surface area contributed by atoms with Gasteiger partial charge in [-0.25, -0.2) is 0 Å². The Hall–Kier alpha value is -0.380. The molecule has 0 amide bonds. The minimum Gasteiger partial charge on any atom is -0.313 e. The average Bonchev–Trinajstić information content (AvgIpc) is 2.41. The third-order valence-corrected chi connectivity index (χ3v) is 4.75. The quantitative estimate of drug-likeness (QED) is 0.882. The molecule has 0 spiro atoms. The molecule has 1 aromatic rings. The first kappa shape index (κ1) is 15.0. The van der Waals surface area contributed by atoms with E-state index in [1.807, 2.05) is 0 Å². The van der Waals surface area contributed by atoms with Crippen molar-refractivity contribution in [3.05, 3.63) is 33.8 Å². The van der Waals surface area contributed by atoms with E-state index in [1.54, 1.807) is 0 Å². The lowest BCUT2D eigenvalue weighted by atomic mass is 10.0. The van der Waals surface area contributed by atoms with Gasteiger partial charge in [-0.1, -0.05) is 41.4 Å². The second-order valence-corrected chi connectivity index (χ2v) is 6.38. The minimum absolute atomic E-state index is 0.724. The van der Waals surface area contributed by atoms with Gasteiger partial charge in [-0.05, 0) is 50.0 Å². The zero-order valence-corrected chi connectivity index (χ0v) is 13.7. The minimum atomic E-state index is 0.724. The summed E-state index contributed by atoms with van der Waals surface area (Å²) in [5.74, 6) is 0. The van der Waals surface area contributed by atoms with Crippen LogP contribution in [0.3, 0.4) is 0 Å². The predicted octanol–water partition coefficient (Wildman–Crippen LogP) is 3.93. The molecule has 1 unspecified atom stereocenters. The lowest BCUT2D eigenvalue weighted by Gasteiger charge is -2.33. The van der Waals surface area contributed by atoms with Crippen LogP contribution in [0.1, 0.15) is 44.2 Å². The predicted molar refractivity (Wildman–Crippen MR) is 85.2 cm³/mol. The van der Waals surface area contributed by atoms with Gasteiger partial charge in [0, 0.05) is 23.6 Å². The van der Waals surface area contributed by atoms with E-state index in [1.165, 1.54) is 41.4 Å². The highest BCUT2D eigenvalue weighted by Gasteiger charge is 2.18. The van der Waals surface area contributed by atoms with Gasteiger partial charge in [-0.15, -0.1) is 0 Å². The number of likely N-dealkylation sites (tertiary alicyclic amines) is 1. The van der Waals surface area contributed by atoms with Crippen molar-refractivity contribution in [1.29, 1.82) is 0 Å². The van der Waals surface area contributed by atoms with Crippen LogP contribution in [0.25, 0.3) is 0 Å². The number of hydrogen-bond donors (Lipinski definition) is 1. The fourth-order valence-corrected chi connectivity index (χ4v) is 3.26. The summed E-state index contributed by atoms with van der Waals surface area (Å²) in [6, 6.07) is 7.50. The summed E-state index contributed by atoms with van der Waals surface area (Å²) in [4.78, 5) is 2.60. The SMILES string of the molecule is CCNCc1ccc(CN2CCCCC2C)c(Br)c1. The zero-order chi connectivity index (χ0) is 13.7. The van der Waals surface area contributed by atoms with Crippen molar-refractivity contribution in [1.82, 2.24) is 10.2 Å². The number of rotatable bonds is 5. The summed E-state index contributed by atoms with van der Waals surface area (Å²) >= 11 is 3.73. The molecular weight excluding hydrogens is 300 g/mol. The van der Waals surface area contributed by atoms with Gasteiger partial charge < -0.3 is 5.32 Å². The topological polar surface area (TPSA) is 15.3 Å². The van der Waals surface area contributed by atoms with Gasteiger partial charge in [0.05, 0.1) is 0 Å². The van der Waals surface area contributed by atoms with Crippen LogP contribution in [0, 0.1) is 0 Å². The summed E-state index contributed by atoms with van der Waals surface area (Å²) < 4.78 is 1.25. The van der Waals surface area contributed by atoms with Crippen LogP contribution in [0.4, 0.5) is 0 Å². The normalized spacial score (nSPS) is 20.7. The third-order valence-electron chi connectivity index (χ3n) is 4.01.